The van der Waals surface area contributed by atoms with E-state index in [0.29, 0.717) is 19.5 Å². The van der Waals surface area contributed by atoms with E-state index in [-0.39, 0.29) is 37.0 Å². The molecule has 0 aromatic heterocycles. The van der Waals surface area contributed by atoms with Crippen molar-refractivity contribution in [2.45, 2.75) is 30.7 Å². The molecule has 1 aliphatic carbocycles. The third kappa shape index (κ3) is 4.09. The molecule has 1 heterocycles. The van der Waals surface area contributed by atoms with Crippen LogP contribution in [0.15, 0.2) is 24.3 Å². The summed E-state index contributed by atoms with van der Waals surface area (Å²) in [7, 11) is 3.09. The van der Waals surface area contributed by atoms with E-state index in [4.69, 9.17) is 9.47 Å². The van der Waals surface area contributed by atoms with Crippen LogP contribution in [0, 0.1) is 5.92 Å². The average Bonchev–Trinajstić information content (AvgIpc) is 3.49. The molecule has 2 fully saturated rings. The Balaban J connectivity index is 1.71. The number of rotatable bonds is 7. The summed E-state index contributed by atoms with van der Waals surface area (Å²) >= 11 is 0. The molecule has 2 N–H and O–H groups in total. The van der Waals surface area contributed by atoms with Gasteiger partial charge in [-0.1, -0.05) is 12.1 Å². The molecular formula is C20H28N2O5. The van der Waals surface area contributed by atoms with Crippen molar-refractivity contribution in [1.82, 2.24) is 10.2 Å². The number of aliphatic hydroxyl groups is 1. The van der Waals surface area contributed by atoms with E-state index in [1.807, 2.05) is 29.2 Å². The minimum Gasteiger partial charge on any atom is -0.497 e. The van der Waals surface area contributed by atoms with Crippen molar-refractivity contribution in [1.29, 1.82) is 0 Å². The van der Waals surface area contributed by atoms with Crippen molar-refractivity contribution in [2.24, 2.45) is 5.92 Å². The van der Waals surface area contributed by atoms with Crippen molar-refractivity contribution in [3.05, 3.63) is 29.8 Å². The highest BCUT2D eigenvalue weighted by Crippen LogP contribution is 2.50. The van der Waals surface area contributed by atoms with Gasteiger partial charge in [-0.3, -0.25) is 9.59 Å². The van der Waals surface area contributed by atoms with Gasteiger partial charge in [-0.2, -0.15) is 0 Å². The summed E-state index contributed by atoms with van der Waals surface area (Å²) in [6, 6.07) is 7.43. The van der Waals surface area contributed by atoms with Gasteiger partial charge in [0.25, 0.3) is 0 Å². The monoisotopic (exact) mass is 376 g/mol. The van der Waals surface area contributed by atoms with Crippen molar-refractivity contribution >= 4 is 11.8 Å². The molecule has 1 saturated carbocycles. The summed E-state index contributed by atoms with van der Waals surface area (Å²) in [5, 5.41) is 12.5. The second kappa shape index (κ2) is 8.27. The second-order valence-electron chi connectivity index (χ2n) is 7.40. The number of likely N-dealkylation sites (tertiary alicyclic amines) is 1. The Morgan fingerprint density at radius 2 is 1.96 bits per heavy atom. The number of carbonyl (C=O) groups is 2. The number of carbonyl (C=O) groups excluding carboxylic acids is 2. The number of benzene rings is 1. The fraction of sp³-hybridized carbons (Fsp3) is 0.600. The summed E-state index contributed by atoms with van der Waals surface area (Å²) in [4.78, 5) is 27.0. The standard InChI is InChI=1S/C20H28N2O5/c1-26-13-18(24)21-17-11-22(10-7-14(17)12-23)19(25)20(8-9-20)15-3-5-16(27-2)6-4-15/h3-6,14,17,23H,7-13H2,1-2H3,(H,21,24)/t14-,17-/m1/s1. The zero-order valence-corrected chi connectivity index (χ0v) is 15.9. The van der Waals surface area contributed by atoms with Gasteiger partial charge in [0.15, 0.2) is 0 Å². The molecule has 2 amide bonds. The Bertz CT molecular complexity index is 671. The van der Waals surface area contributed by atoms with E-state index in [0.717, 1.165) is 24.2 Å². The Kier molecular flexibility index (Phi) is 6.01. The van der Waals surface area contributed by atoms with Crippen molar-refractivity contribution in [3.8, 4) is 5.75 Å². The number of nitrogens with zero attached hydrogens (tertiary/aromatic N) is 1. The third-order valence-corrected chi connectivity index (χ3v) is 5.70. The van der Waals surface area contributed by atoms with E-state index in [1.165, 1.54) is 7.11 Å². The summed E-state index contributed by atoms with van der Waals surface area (Å²) in [5.41, 5.74) is 0.553. The minimum atomic E-state index is -0.459. The number of piperidine rings is 1. The van der Waals surface area contributed by atoms with Gasteiger partial charge in [-0.05, 0) is 37.0 Å². The van der Waals surface area contributed by atoms with Crippen molar-refractivity contribution < 1.29 is 24.2 Å². The number of amides is 2. The van der Waals surface area contributed by atoms with Crippen LogP contribution in [-0.2, 0) is 19.7 Å². The molecule has 2 aliphatic rings. The predicted octanol–water partition coefficient (Wildman–Crippen LogP) is 0.699. The largest absolute Gasteiger partial charge is 0.497 e. The Labute approximate surface area is 159 Å². The third-order valence-electron chi connectivity index (χ3n) is 5.70. The fourth-order valence-electron chi connectivity index (χ4n) is 3.91. The predicted molar refractivity (Wildman–Crippen MR) is 99.5 cm³/mol. The van der Waals surface area contributed by atoms with Crippen LogP contribution < -0.4 is 10.1 Å². The molecule has 0 radical (unpaired) electrons. The number of methoxy groups -OCH3 is 2. The van der Waals surface area contributed by atoms with Crippen molar-refractivity contribution in [3.63, 3.8) is 0 Å². The van der Waals surface area contributed by atoms with Crippen LogP contribution in [0.25, 0.3) is 0 Å². The van der Waals surface area contributed by atoms with Crippen LogP contribution in [0.4, 0.5) is 0 Å². The van der Waals surface area contributed by atoms with Gasteiger partial charge in [0.1, 0.15) is 12.4 Å². The highest BCUT2D eigenvalue weighted by molar-refractivity contribution is 5.91. The number of ether oxygens (including phenoxy) is 2. The second-order valence-corrected chi connectivity index (χ2v) is 7.40. The molecule has 27 heavy (non-hydrogen) atoms. The van der Waals surface area contributed by atoms with Gasteiger partial charge in [-0.25, -0.2) is 0 Å². The summed E-state index contributed by atoms with van der Waals surface area (Å²) < 4.78 is 10.1. The maximum Gasteiger partial charge on any atom is 0.246 e. The van der Waals surface area contributed by atoms with E-state index >= 15 is 0 Å². The quantitative estimate of drug-likeness (QED) is 0.731. The van der Waals surface area contributed by atoms with E-state index in [9.17, 15) is 14.7 Å². The molecule has 7 heteroatoms. The maximum absolute atomic E-state index is 13.3. The zero-order chi connectivity index (χ0) is 19.4. The highest BCUT2D eigenvalue weighted by Gasteiger charge is 2.53. The average molecular weight is 376 g/mol. The summed E-state index contributed by atoms with van der Waals surface area (Å²) in [6.45, 7) is 0.970. The number of hydrogen-bond acceptors (Lipinski definition) is 5. The van der Waals surface area contributed by atoms with Gasteiger partial charge < -0.3 is 24.8 Å². The first-order valence-electron chi connectivity index (χ1n) is 9.37. The first-order chi connectivity index (χ1) is 13.0. The molecule has 2 atom stereocenters. The first kappa shape index (κ1) is 19.6. The molecule has 0 bridgehead atoms. The molecule has 1 aromatic carbocycles. The first-order valence-corrected chi connectivity index (χ1v) is 9.37. The van der Waals surface area contributed by atoms with Gasteiger partial charge >= 0.3 is 0 Å². The van der Waals surface area contributed by atoms with Crippen LogP contribution in [0.3, 0.4) is 0 Å². The molecule has 0 spiro atoms. The van der Waals surface area contributed by atoms with Crippen LogP contribution >= 0.6 is 0 Å². The maximum atomic E-state index is 13.3. The van der Waals surface area contributed by atoms with Crippen molar-refractivity contribution in [2.75, 3.05) is 40.5 Å². The molecule has 148 valence electrons. The SMILES string of the molecule is COCC(=O)N[C@@H]1CN(C(=O)C2(c3ccc(OC)cc3)CC2)CC[C@@H]1CO. The number of nitrogens with one attached hydrogen (secondary N) is 1. The van der Waals surface area contributed by atoms with Crippen LogP contribution in [0.1, 0.15) is 24.8 Å². The summed E-state index contributed by atoms with van der Waals surface area (Å²) in [6.07, 6.45) is 2.33. The van der Waals surface area contributed by atoms with Gasteiger partial charge in [0, 0.05) is 32.7 Å². The highest BCUT2D eigenvalue weighted by atomic mass is 16.5. The lowest BCUT2D eigenvalue weighted by molar-refractivity contribution is -0.137. The van der Waals surface area contributed by atoms with E-state index in [2.05, 4.69) is 5.32 Å². The van der Waals surface area contributed by atoms with Gasteiger partial charge in [0.05, 0.1) is 18.6 Å². The Hall–Kier alpha value is -2.12. The molecular weight excluding hydrogens is 348 g/mol. The topological polar surface area (TPSA) is 88.1 Å². The van der Waals surface area contributed by atoms with E-state index < -0.39 is 5.41 Å². The fourth-order valence-corrected chi connectivity index (χ4v) is 3.91. The Morgan fingerprint density at radius 3 is 2.52 bits per heavy atom. The molecule has 1 aliphatic heterocycles. The zero-order valence-electron chi connectivity index (χ0n) is 15.9. The molecule has 0 unspecified atom stereocenters. The lowest BCUT2D eigenvalue weighted by atomic mass is 9.89. The smallest absolute Gasteiger partial charge is 0.246 e. The van der Waals surface area contributed by atoms with Crippen LogP contribution in [-0.4, -0.2) is 68.4 Å². The lowest BCUT2D eigenvalue weighted by Gasteiger charge is -2.39. The minimum absolute atomic E-state index is 0.0103. The van der Waals surface area contributed by atoms with Gasteiger partial charge in [-0.15, -0.1) is 0 Å². The molecule has 1 aromatic rings. The normalized spacial score (nSPS) is 23.6. The van der Waals surface area contributed by atoms with Crippen LogP contribution in [0.2, 0.25) is 0 Å². The number of aliphatic hydroxyl groups excluding tert-OH is 1. The molecule has 7 nitrogen and oxygen atoms in total. The van der Waals surface area contributed by atoms with Gasteiger partial charge in [0.2, 0.25) is 11.8 Å². The lowest BCUT2D eigenvalue weighted by Crippen LogP contribution is -2.57. The molecule has 1 saturated heterocycles. The van der Waals surface area contributed by atoms with E-state index in [1.54, 1.807) is 7.11 Å². The Morgan fingerprint density at radius 1 is 1.26 bits per heavy atom. The van der Waals surface area contributed by atoms with Crippen LogP contribution in [0.5, 0.6) is 5.75 Å². The number of hydrogen-bond donors (Lipinski definition) is 2. The summed E-state index contributed by atoms with van der Waals surface area (Å²) in [5.74, 6) is 0.597. The molecule has 3 rings (SSSR count).